The number of ketones is 1. The number of hydrogen-bond donors (Lipinski definition) is 2. The van der Waals surface area contributed by atoms with Crippen LogP contribution in [0.4, 0.5) is 0 Å². The number of hydrogen-bond acceptors (Lipinski definition) is 4. The van der Waals surface area contributed by atoms with Crippen LogP contribution in [0, 0.1) is 6.92 Å². The molecule has 0 aliphatic heterocycles. The number of aromatic nitrogens is 3. The van der Waals surface area contributed by atoms with E-state index in [1.165, 1.54) is 13.0 Å². The lowest BCUT2D eigenvalue weighted by Gasteiger charge is -2.09. The summed E-state index contributed by atoms with van der Waals surface area (Å²) in [7, 11) is 0. The minimum atomic E-state index is -0.248. The molecule has 0 atom stereocenters. The number of Topliss-reactive ketones (excluding diaryl/α,β-unsaturated/α-hetero) is 1. The Balaban J connectivity index is 1.84. The number of carbonyl (C=O) groups is 2. The van der Waals surface area contributed by atoms with E-state index in [0.29, 0.717) is 17.1 Å². The Bertz CT molecular complexity index is 1080. The molecule has 0 saturated heterocycles. The van der Waals surface area contributed by atoms with Gasteiger partial charge in [-0.05, 0) is 25.8 Å². The van der Waals surface area contributed by atoms with Crippen molar-refractivity contribution in [2.75, 3.05) is 0 Å². The van der Waals surface area contributed by atoms with E-state index >= 15 is 0 Å². The molecule has 0 fully saturated rings. The number of rotatable bonds is 6. The molecule has 7 nitrogen and oxygen atoms in total. The summed E-state index contributed by atoms with van der Waals surface area (Å²) in [5.74, 6) is 0.255. The zero-order valence-electron chi connectivity index (χ0n) is 15.6. The maximum atomic E-state index is 12.4. The smallest absolute Gasteiger partial charge is 0.251 e. The molecule has 0 bridgehead atoms. The largest absolute Gasteiger partial charge is 0.349 e. The van der Waals surface area contributed by atoms with Crippen molar-refractivity contribution in [2.24, 2.45) is 0 Å². The van der Waals surface area contributed by atoms with Gasteiger partial charge in [0.2, 0.25) is 5.91 Å². The van der Waals surface area contributed by atoms with Gasteiger partial charge in [0.05, 0.1) is 17.8 Å². The molecule has 2 N–H and O–H groups in total. The lowest BCUT2D eigenvalue weighted by atomic mass is 10.1. The van der Waals surface area contributed by atoms with E-state index in [9.17, 15) is 14.4 Å². The van der Waals surface area contributed by atoms with Crippen molar-refractivity contribution in [1.29, 1.82) is 0 Å². The van der Waals surface area contributed by atoms with E-state index in [-0.39, 0.29) is 30.3 Å². The quantitative estimate of drug-likeness (QED) is 0.653. The second-order valence-electron chi connectivity index (χ2n) is 6.49. The molecule has 3 aromatic rings. The maximum absolute atomic E-state index is 12.4. The van der Waals surface area contributed by atoms with Crippen LogP contribution in [0.1, 0.15) is 41.3 Å². The lowest BCUT2D eigenvalue weighted by Crippen LogP contribution is -2.28. The topological polar surface area (TPSA) is 96.9 Å². The highest BCUT2D eigenvalue weighted by Crippen LogP contribution is 2.25. The monoisotopic (exact) mass is 366 g/mol. The van der Waals surface area contributed by atoms with E-state index < -0.39 is 0 Å². The van der Waals surface area contributed by atoms with Gasteiger partial charge in [0, 0.05) is 23.2 Å². The number of benzene rings is 1. The van der Waals surface area contributed by atoms with Crippen LogP contribution in [0.5, 0.6) is 0 Å². The van der Waals surface area contributed by atoms with Crippen molar-refractivity contribution in [3.05, 3.63) is 63.5 Å². The normalized spacial score (nSPS) is 10.9. The van der Waals surface area contributed by atoms with Crippen molar-refractivity contribution in [2.45, 2.75) is 40.3 Å². The van der Waals surface area contributed by atoms with Crippen molar-refractivity contribution in [3.63, 3.8) is 0 Å². The first-order valence-electron chi connectivity index (χ1n) is 8.84. The highest BCUT2D eigenvalue weighted by molar-refractivity contribution is 6.07. The average Bonchev–Trinajstić information content (AvgIpc) is 2.98. The number of fused-ring (bicyclic) bond motifs is 1. The van der Waals surface area contributed by atoms with Crippen molar-refractivity contribution >= 4 is 22.6 Å². The Labute approximate surface area is 156 Å². The number of aromatic amines is 1. The Morgan fingerprint density at radius 2 is 2.07 bits per heavy atom. The molecular weight excluding hydrogens is 344 g/mol. The average molecular weight is 366 g/mol. The first kappa shape index (κ1) is 18.6. The summed E-state index contributed by atoms with van der Waals surface area (Å²) in [5, 5.41) is 3.65. The lowest BCUT2D eigenvalue weighted by molar-refractivity contribution is -0.121. The summed E-state index contributed by atoms with van der Waals surface area (Å²) in [6.45, 7) is 5.51. The molecule has 1 aromatic carbocycles. The highest BCUT2D eigenvalue weighted by Gasteiger charge is 2.16. The first-order chi connectivity index (χ1) is 12.9. The predicted octanol–water partition coefficient (Wildman–Crippen LogP) is 2.11. The molecule has 1 amide bonds. The molecule has 140 valence electrons. The summed E-state index contributed by atoms with van der Waals surface area (Å²) in [6.07, 6.45) is 2.54. The zero-order chi connectivity index (χ0) is 19.6. The van der Waals surface area contributed by atoms with Gasteiger partial charge in [-0.3, -0.25) is 14.4 Å². The molecule has 0 saturated carbocycles. The third-order valence-corrected chi connectivity index (χ3v) is 4.44. The van der Waals surface area contributed by atoms with E-state index in [1.54, 1.807) is 13.1 Å². The zero-order valence-corrected chi connectivity index (χ0v) is 15.6. The summed E-state index contributed by atoms with van der Waals surface area (Å²) < 4.78 is 1.82. The van der Waals surface area contributed by atoms with Gasteiger partial charge in [-0.25, -0.2) is 4.98 Å². The Morgan fingerprint density at radius 1 is 1.30 bits per heavy atom. The fourth-order valence-electron chi connectivity index (χ4n) is 3.26. The van der Waals surface area contributed by atoms with Gasteiger partial charge < -0.3 is 14.9 Å². The van der Waals surface area contributed by atoms with E-state index in [4.69, 9.17) is 0 Å². The molecule has 0 radical (unpaired) electrons. The first-order valence-corrected chi connectivity index (χ1v) is 8.84. The van der Waals surface area contributed by atoms with Gasteiger partial charge in [-0.2, -0.15) is 0 Å². The SMILES string of the molecule is CCc1cccc2c(C(C)=O)cn(CC(=O)NCc3cc(=O)[nH]c(C)n3)c12. The summed E-state index contributed by atoms with van der Waals surface area (Å²) in [6, 6.07) is 7.20. The Morgan fingerprint density at radius 3 is 2.74 bits per heavy atom. The van der Waals surface area contributed by atoms with Crippen LogP contribution in [0.3, 0.4) is 0 Å². The number of para-hydroxylation sites is 1. The number of carbonyl (C=O) groups excluding carboxylic acids is 2. The molecule has 0 spiro atoms. The number of nitrogens with one attached hydrogen (secondary N) is 2. The minimum absolute atomic E-state index is 0.0319. The van der Waals surface area contributed by atoms with E-state index in [0.717, 1.165) is 22.9 Å². The van der Waals surface area contributed by atoms with Crippen molar-refractivity contribution in [1.82, 2.24) is 19.9 Å². The van der Waals surface area contributed by atoms with Crippen LogP contribution in [0.25, 0.3) is 10.9 Å². The van der Waals surface area contributed by atoms with E-state index in [1.807, 2.05) is 29.7 Å². The third-order valence-electron chi connectivity index (χ3n) is 4.44. The Kier molecular flexibility index (Phi) is 5.21. The Hall–Kier alpha value is -3.22. The fourth-order valence-corrected chi connectivity index (χ4v) is 3.26. The standard InChI is InChI=1S/C20H22N4O3/c1-4-14-6-5-7-16-17(12(2)25)10-24(20(14)16)11-19(27)21-9-15-8-18(26)23-13(3)22-15/h5-8,10H,4,9,11H2,1-3H3,(H,21,27)(H,22,23,26). The molecule has 0 aliphatic rings. The molecular formula is C20H22N4O3. The number of aryl methyl sites for hydroxylation is 2. The summed E-state index contributed by atoms with van der Waals surface area (Å²) >= 11 is 0. The van der Waals surface area contributed by atoms with Crippen molar-refractivity contribution < 1.29 is 9.59 Å². The molecule has 2 heterocycles. The molecule has 27 heavy (non-hydrogen) atoms. The minimum Gasteiger partial charge on any atom is -0.349 e. The van der Waals surface area contributed by atoms with Crippen LogP contribution in [-0.2, 0) is 24.3 Å². The third kappa shape index (κ3) is 3.97. The summed E-state index contributed by atoms with van der Waals surface area (Å²) in [4.78, 5) is 42.7. The molecule has 3 rings (SSSR count). The van der Waals surface area contributed by atoms with Gasteiger partial charge in [-0.15, -0.1) is 0 Å². The molecule has 0 aliphatic carbocycles. The number of H-pyrrole nitrogens is 1. The fraction of sp³-hybridized carbons (Fsp3) is 0.300. The predicted molar refractivity (Wildman–Crippen MR) is 103 cm³/mol. The second-order valence-corrected chi connectivity index (χ2v) is 6.49. The van der Waals surface area contributed by atoms with Crippen LogP contribution >= 0.6 is 0 Å². The highest BCUT2D eigenvalue weighted by atomic mass is 16.2. The van der Waals surface area contributed by atoms with Crippen LogP contribution in [0.15, 0.2) is 35.3 Å². The van der Waals surface area contributed by atoms with Gasteiger partial charge in [0.25, 0.3) is 5.56 Å². The molecule has 2 aromatic heterocycles. The maximum Gasteiger partial charge on any atom is 0.251 e. The van der Waals surface area contributed by atoms with Gasteiger partial charge in [0.1, 0.15) is 12.4 Å². The van der Waals surface area contributed by atoms with Gasteiger partial charge >= 0.3 is 0 Å². The van der Waals surface area contributed by atoms with Crippen LogP contribution in [-0.4, -0.2) is 26.2 Å². The van der Waals surface area contributed by atoms with Gasteiger partial charge in [-0.1, -0.05) is 25.1 Å². The van der Waals surface area contributed by atoms with Crippen LogP contribution in [0.2, 0.25) is 0 Å². The number of nitrogens with zero attached hydrogens (tertiary/aromatic N) is 2. The summed E-state index contributed by atoms with van der Waals surface area (Å²) in [5.41, 5.74) is 2.85. The second kappa shape index (κ2) is 7.57. The number of amides is 1. The van der Waals surface area contributed by atoms with Gasteiger partial charge in [0.15, 0.2) is 5.78 Å². The van der Waals surface area contributed by atoms with Crippen molar-refractivity contribution in [3.8, 4) is 0 Å². The molecule has 0 unspecified atom stereocenters. The van der Waals surface area contributed by atoms with E-state index in [2.05, 4.69) is 15.3 Å². The molecule has 7 heteroatoms. The van der Waals surface area contributed by atoms with Crippen LogP contribution < -0.4 is 10.9 Å².